The van der Waals surface area contributed by atoms with E-state index >= 15 is 0 Å². The second kappa shape index (κ2) is 5.75. The lowest BCUT2D eigenvalue weighted by Crippen LogP contribution is -2.05. The van der Waals surface area contributed by atoms with Crippen LogP contribution in [0.3, 0.4) is 0 Å². The first-order valence-electron chi connectivity index (χ1n) is 6.44. The zero-order valence-electron chi connectivity index (χ0n) is 10.4. The number of ether oxygens (including phenoxy) is 1. The van der Waals surface area contributed by atoms with Gasteiger partial charge in [0.1, 0.15) is 5.75 Å². The van der Waals surface area contributed by atoms with E-state index in [1.807, 2.05) is 6.07 Å². The molecule has 1 aromatic carbocycles. The minimum absolute atomic E-state index is 0.310. The molecule has 0 radical (unpaired) electrons. The van der Waals surface area contributed by atoms with Gasteiger partial charge in [0.2, 0.25) is 0 Å². The molecule has 0 aliphatic carbocycles. The molecule has 1 nitrogen and oxygen atoms in total. The van der Waals surface area contributed by atoms with Gasteiger partial charge in [-0.15, -0.1) is 0 Å². The van der Waals surface area contributed by atoms with Crippen molar-refractivity contribution in [3.8, 4) is 5.75 Å². The number of methoxy groups -OCH3 is 1. The Hall–Kier alpha value is -0.448. The van der Waals surface area contributed by atoms with Crippen LogP contribution in [0.4, 0.5) is 0 Å². The molecule has 1 aromatic rings. The molecule has 16 heavy (non-hydrogen) atoms. The molecule has 1 aliphatic rings. The topological polar surface area (TPSA) is 9.23 Å². The third-order valence-electron chi connectivity index (χ3n) is 3.89. The Labute approximate surface area is 103 Å². The Balaban J connectivity index is 1.94. The summed E-state index contributed by atoms with van der Waals surface area (Å²) < 4.78 is 5.27. The van der Waals surface area contributed by atoms with Crippen molar-refractivity contribution in [3.63, 3.8) is 0 Å². The van der Waals surface area contributed by atoms with Crippen molar-refractivity contribution < 1.29 is 4.74 Å². The summed E-state index contributed by atoms with van der Waals surface area (Å²) in [5.74, 6) is 1.96. The fourth-order valence-corrected chi connectivity index (χ4v) is 6.13. The van der Waals surface area contributed by atoms with E-state index in [1.165, 1.54) is 23.7 Å². The summed E-state index contributed by atoms with van der Waals surface area (Å²) in [4.78, 5) is 0. The van der Waals surface area contributed by atoms with Crippen LogP contribution >= 0.6 is 0 Å². The van der Waals surface area contributed by atoms with Gasteiger partial charge in [-0.2, -0.15) is 0 Å². The van der Waals surface area contributed by atoms with Gasteiger partial charge in [0.05, 0.1) is 7.11 Å². The minimum Gasteiger partial charge on any atom is -0.497 e. The van der Waals surface area contributed by atoms with E-state index < -0.39 is 0 Å². The molecule has 0 N–H and O–H groups in total. The zero-order valence-corrected chi connectivity index (χ0v) is 11.6. The molecule has 0 aromatic heterocycles. The van der Waals surface area contributed by atoms with Crippen LogP contribution in [0.5, 0.6) is 5.75 Å². The van der Waals surface area contributed by atoms with E-state index in [0.717, 1.165) is 11.7 Å². The van der Waals surface area contributed by atoms with Crippen molar-refractivity contribution >= 4 is 14.1 Å². The van der Waals surface area contributed by atoms with Crippen LogP contribution < -0.4 is 4.74 Å². The molecule has 0 spiro atoms. The predicted molar refractivity (Wildman–Crippen MR) is 70.7 cm³/mol. The first kappa shape index (κ1) is 12.0. The van der Waals surface area contributed by atoms with Crippen LogP contribution in [-0.4, -0.2) is 21.3 Å². The average molecular weight is 232 g/mol. The van der Waals surface area contributed by atoms with Crippen LogP contribution in [0.2, 0.25) is 15.8 Å². The molecule has 1 atom stereocenters. The molecule has 1 unspecified atom stereocenters. The fourth-order valence-electron chi connectivity index (χ4n) is 2.87. The summed E-state index contributed by atoms with van der Waals surface area (Å²) in [5.41, 5.74) is 1.45. The predicted octanol–water partition coefficient (Wildman–Crippen LogP) is 3.77. The summed E-state index contributed by atoms with van der Waals surface area (Å²) in [7, 11) is 1.74. The van der Waals surface area contributed by atoms with Gasteiger partial charge in [-0.1, -0.05) is 47.2 Å². The SMILES string of the molecule is C[CH2][Al]1[CH2]CC(Cc2cccc(OC)c2)[CH2]1. The van der Waals surface area contributed by atoms with Gasteiger partial charge >= 0.3 is 0 Å². The van der Waals surface area contributed by atoms with Crippen LogP contribution in [0, 0.1) is 5.92 Å². The molecular weight excluding hydrogens is 211 g/mol. The molecular formula is C14H21AlO. The first-order chi connectivity index (χ1) is 7.81. The van der Waals surface area contributed by atoms with Gasteiger partial charge in [-0.05, 0) is 24.1 Å². The minimum atomic E-state index is -0.310. The van der Waals surface area contributed by atoms with Gasteiger partial charge in [-0.25, -0.2) is 0 Å². The maximum Gasteiger partial charge on any atom is 0.261 e. The summed E-state index contributed by atoms with van der Waals surface area (Å²) in [6, 6.07) is 8.57. The number of benzene rings is 1. The van der Waals surface area contributed by atoms with Gasteiger partial charge in [0.25, 0.3) is 14.1 Å². The lowest BCUT2D eigenvalue weighted by atomic mass is 9.99. The van der Waals surface area contributed by atoms with E-state index in [0.29, 0.717) is 0 Å². The number of hydrogen-bond donors (Lipinski definition) is 0. The molecule has 0 saturated carbocycles. The van der Waals surface area contributed by atoms with Crippen LogP contribution in [0.1, 0.15) is 18.9 Å². The lowest BCUT2D eigenvalue weighted by Gasteiger charge is -2.10. The highest BCUT2D eigenvalue weighted by Crippen LogP contribution is 2.31. The smallest absolute Gasteiger partial charge is 0.261 e. The maximum absolute atomic E-state index is 5.27. The summed E-state index contributed by atoms with van der Waals surface area (Å²) in [6.45, 7) is 2.38. The van der Waals surface area contributed by atoms with Crippen LogP contribution in [0.25, 0.3) is 0 Å². The van der Waals surface area contributed by atoms with Gasteiger partial charge in [0, 0.05) is 0 Å². The second-order valence-corrected chi connectivity index (χ2v) is 8.61. The van der Waals surface area contributed by atoms with E-state index in [2.05, 4.69) is 25.1 Å². The normalized spacial score (nSPS) is 20.1. The quantitative estimate of drug-likeness (QED) is 0.718. The molecule has 1 saturated heterocycles. The molecule has 0 amide bonds. The van der Waals surface area contributed by atoms with Crippen molar-refractivity contribution in [2.24, 2.45) is 5.92 Å². The lowest BCUT2D eigenvalue weighted by molar-refractivity contribution is 0.414. The van der Waals surface area contributed by atoms with E-state index in [9.17, 15) is 0 Å². The molecule has 0 bridgehead atoms. The summed E-state index contributed by atoms with van der Waals surface area (Å²) in [6.07, 6.45) is 2.74. The largest absolute Gasteiger partial charge is 0.497 e. The fraction of sp³-hybridized carbons (Fsp3) is 0.571. The standard InChI is InChI=1S/C12H16O.C2H5.Al/c1-4-10(2)8-11-6-5-7-12(9-11)13-3;1-2;/h5-7,9-10H,1-2,4,8H2,3H3;1H2,2H3;. The molecule has 1 fully saturated rings. The van der Waals surface area contributed by atoms with E-state index in [4.69, 9.17) is 4.74 Å². The van der Waals surface area contributed by atoms with E-state index in [-0.39, 0.29) is 14.1 Å². The number of hydrogen-bond acceptors (Lipinski definition) is 1. The molecule has 86 valence electrons. The van der Waals surface area contributed by atoms with Crippen LogP contribution in [0.15, 0.2) is 24.3 Å². The molecule has 2 rings (SSSR count). The van der Waals surface area contributed by atoms with Crippen molar-refractivity contribution in [1.82, 2.24) is 0 Å². The third-order valence-corrected chi connectivity index (χ3v) is 7.52. The Bertz CT molecular complexity index is 337. The third kappa shape index (κ3) is 3.03. The van der Waals surface area contributed by atoms with E-state index in [1.54, 1.807) is 17.7 Å². The Morgan fingerprint density at radius 3 is 3.00 bits per heavy atom. The average Bonchev–Trinajstić information content (AvgIpc) is 2.77. The van der Waals surface area contributed by atoms with Crippen LogP contribution in [-0.2, 0) is 6.42 Å². The van der Waals surface area contributed by atoms with Crippen molar-refractivity contribution in [1.29, 1.82) is 0 Å². The molecule has 1 aliphatic heterocycles. The Morgan fingerprint density at radius 1 is 1.44 bits per heavy atom. The second-order valence-electron chi connectivity index (χ2n) is 5.01. The van der Waals surface area contributed by atoms with Gasteiger partial charge < -0.3 is 4.74 Å². The maximum atomic E-state index is 5.27. The first-order valence-corrected chi connectivity index (χ1v) is 8.89. The zero-order chi connectivity index (χ0) is 11.4. The summed E-state index contributed by atoms with van der Waals surface area (Å²) >= 11 is -0.310. The van der Waals surface area contributed by atoms with Crippen molar-refractivity contribution in [2.75, 3.05) is 7.11 Å². The summed E-state index contributed by atoms with van der Waals surface area (Å²) in [5, 5.41) is 4.63. The van der Waals surface area contributed by atoms with Gasteiger partial charge in [-0.3, -0.25) is 0 Å². The Morgan fingerprint density at radius 2 is 2.31 bits per heavy atom. The number of rotatable bonds is 4. The highest BCUT2D eigenvalue weighted by Gasteiger charge is 2.27. The highest BCUT2D eigenvalue weighted by atomic mass is 27.2. The molecule has 2 heteroatoms. The van der Waals surface area contributed by atoms with Crippen molar-refractivity contribution in [2.45, 2.75) is 35.6 Å². The monoisotopic (exact) mass is 232 g/mol. The molecule has 1 heterocycles. The highest BCUT2D eigenvalue weighted by molar-refractivity contribution is 6.59. The Kier molecular flexibility index (Phi) is 4.32. The van der Waals surface area contributed by atoms with Crippen molar-refractivity contribution in [3.05, 3.63) is 29.8 Å². The van der Waals surface area contributed by atoms with Gasteiger partial charge in [0.15, 0.2) is 0 Å².